The van der Waals surface area contributed by atoms with Crippen molar-refractivity contribution in [3.05, 3.63) is 0 Å². The standard InChI is InChI=1S/C8H16N2O/c1-4-5-7(11)8(9)10-6(2)3/h6H,4-5H2,1-3H3,(H2,9,10). The Morgan fingerprint density at radius 2 is 2.09 bits per heavy atom. The fourth-order valence-electron chi connectivity index (χ4n) is 0.721. The Bertz CT molecular complexity index is 152. The molecule has 2 N–H and O–H groups in total. The second-order valence-electron chi connectivity index (χ2n) is 2.85. The van der Waals surface area contributed by atoms with Gasteiger partial charge in [-0.1, -0.05) is 6.92 Å². The molecule has 0 aromatic heterocycles. The van der Waals surface area contributed by atoms with Crippen molar-refractivity contribution in [2.24, 2.45) is 0 Å². The molecule has 0 radical (unpaired) electrons. The Morgan fingerprint density at radius 1 is 1.55 bits per heavy atom. The van der Waals surface area contributed by atoms with Gasteiger partial charge in [0, 0.05) is 12.5 Å². The highest BCUT2D eigenvalue weighted by Crippen LogP contribution is 1.90. The molecule has 0 aliphatic carbocycles. The van der Waals surface area contributed by atoms with E-state index in [1.165, 1.54) is 0 Å². The van der Waals surface area contributed by atoms with Gasteiger partial charge in [-0.2, -0.15) is 0 Å². The maximum atomic E-state index is 11.0. The van der Waals surface area contributed by atoms with E-state index in [1.54, 1.807) is 0 Å². The smallest absolute Gasteiger partial charge is 0.197 e. The van der Waals surface area contributed by atoms with Crippen LogP contribution < -0.4 is 5.32 Å². The van der Waals surface area contributed by atoms with E-state index in [1.807, 2.05) is 20.8 Å². The lowest BCUT2D eigenvalue weighted by Gasteiger charge is -2.08. The van der Waals surface area contributed by atoms with Gasteiger partial charge in [0.1, 0.15) is 0 Å². The average Bonchev–Trinajstić information content (AvgIpc) is 1.86. The monoisotopic (exact) mass is 156 g/mol. The number of hydrogen-bond donors (Lipinski definition) is 2. The third-order valence-corrected chi connectivity index (χ3v) is 1.19. The van der Waals surface area contributed by atoms with Gasteiger partial charge in [-0.05, 0) is 20.3 Å². The van der Waals surface area contributed by atoms with E-state index in [4.69, 9.17) is 5.41 Å². The Balaban J connectivity index is 3.74. The van der Waals surface area contributed by atoms with Gasteiger partial charge in [0.05, 0.1) is 0 Å². The van der Waals surface area contributed by atoms with Gasteiger partial charge >= 0.3 is 0 Å². The van der Waals surface area contributed by atoms with Crippen molar-refractivity contribution in [2.75, 3.05) is 0 Å². The fourth-order valence-corrected chi connectivity index (χ4v) is 0.721. The lowest BCUT2D eigenvalue weighted by Crippen LogP contribution is -2.35. The lowest BCUT2D eigenvalue weighted by atomic mass is 10.2. The number of carbonyl (C=O) groups is 1. The normalized spacial score (nSPS) is 9.82. The molecule has 0 fully saturated rings. The van der Waals surface area contributed by atoms with E-state index in [9.17, 15) is 4.79 Å². The highest BCUT2D eigenvalue weighted by Gasteiger charge is 2.07. The van der Waals surface area contributed by atoms with Crippen LogP contribution in [0.2, 0.25) is 0 Å². The number of nitrogens with one attached hydrogen (secondary N) is 2. The molecule has 0 aliphatic rings. The van der Waals surface area contributed by atoms with E-state index in [0.717, 1.165) is 6.42 Å². The van der Waals surface area contributed by atoms with Crippen LogP contribution in [0, 0.1) is 5.41 Å². The second kappa shape index (κ2) is 4.88. The van der Waals surface area contributed by atoms with Gasteiger partial charge in [-0.3, -0.25) is 10.2 Å². The molecule has 11 heavy (non-hydrogen) atoms. The molecule has 0 unspecified atom stereocenters. The average molecular weight is 156 g/mol. The van der Waals surface area contributed by atoms with Crippen LogP contribution in [0.25, 0.3) is 0 Å². The van der Waals surface area contributed by atoms with E-state index in [0.29, 0.717) is 6.42 Å². The predicted octanol–water partition coefficient (Wildman–Crippen LogP) is 1.33. The van der Waals surface area contributed by atoms with Crippen LogP contribution in [-0.4, -0.2) is 17.7 Å². The first-order valence-corrected chi connectivity index (χ1v) is 3.96. The summed E-state index contributed by atoms with van der Waals surface area (Å²) < 4.78 is 0. The molecule has 0 aromatic carbocycles. The largest absolute Gasteiger partial charge is 0.365 e. The van der Waals surface area contributed by atoms with Crippen molar-refractivity contribution in [1.29, 1.82) is 5.41 Å². The van der Waals surface area contributed by atoms with Crippen LogP contribution in [0.1, 0.15) is 33.6 Å². The summed E-state index contributed by atoms with van der Waals surface area (Å²) >= 11 is 0. The molecule has 0 heterocycles. The molecule has 0 rings (SSSR count). The molecule has 0 saturated heterocycles. The maximum absolute atomic E-state index is 11.0. The van der Waals surface area contributed by atoms with E-state index < -0.39 is 0 Å². The predicted molar refractivity (Wildman–Crippen MR) is 45.9 cm³/mol. The summed E-state index contributed by atoms with van der Waals surface area (Å²) in [5.41, 5.74) is 0. The first-order chi connectivity index (χ1) is 5.07. The molecular formula is C8H16N2O. The van der Waals surface area contributed by atoms with E-state index in [2.05, 4.69) is 5.32 Å². The number of hydrogen-bond acceptors (Lipinski definition) is 2. The van der Waals surface area contributed by atoms with Crippen LogP contribution in [-0.2, 0) is 4.79 Å². The first-order valence-electron chi connectivity index (χ1n) is 3.96. The summed E-state index contributed by atoms with van der Waals surface area (Å²) in [7, 11) is 0. The summed E-state index contributed by atoms with van der Waals surface area (Å²) in [4.78, 5) is 11.0. The third kappa shape index (κ3) is 4.53. The molecule has 3 heteroatoms. The zero-order valence-electron chi connectivity index (χ0n) is 7.40. The van der Waals surface area contributed by atoms with Gasteiger partial charge in [-0.25, -0.2) is 0 Å². The number of amidine groups is 1. The SMILES string of the molecule is CCCC(=O)C(=N)NC(C)C. The van der Waals surface area contributed by atoms with Gasteiger partial charge in [0.15, 0.2) is 11.6 Å². The summed E-state index contributed by atoms with van der Waals surface area (Å²) in [6.45, 7) is 5.75. The Hall–Kier alpha value is -0.860. The van der Waals surface area contributed by atoms with E-state index in [-0.39, 0.29) is 17.7 Å². The molecule has 0 aromatic rings. The lowest BCUT2D eigenvalue weighted by molar-refractivity contribution is -0.113. The fraction of sp³-hybridized carbons (Fsp3) is 0.750. The minimum atomic E-state index is -0.0961. The molecule has 0 atom stereocenters. The van der Waals surface area contributed by atoms with Crippen LogP contribution in [0.4, 0.5) is 0 Å². The molecule has 3 nitrogen and oxygen atoms in total. The second-order valence-corrected chi connectivity index (χ2v) is 2.85. The zero-order chi connectivity index (χ0) is 8.85. The minimum absolute atomic E-state index is 0.0434. The number of rotatable bonds is 4. The Labute approximate surface area is 67.7 Å². The molecule has 0 spiro atoms. The number of Topliss-reactive ketones (excluding diaryl/α,β-unsaturated/α-hetero) is 1. The summed E-state index contributed by atoms with van der Waals surface area (Å²) in [6, 6.07) is 0.170. The molecule has 0 amide bonds. The van der Waals surface area contributed by atoms with Crippen molar-refractivity contribution in [3.8, 4) is 0 Å². The quantitative estimate of drug-likeness (QED) is 0.476. The van der Waals surface area contributed by atoms with E-state index >= 15 is 0 Å². The summed E-state index contributed by atoms with van der Waals surface area (Å²) in [5.74, 6) is -0.0527. The zero-order valence-corrected chi connectivity index (χ0v) is 7.40. The molecule has 0 aliphatic heterocycles. The topological polar surface area (TPSA) is 53.0 Å². The maximum Gasteiger partial charge on any atom is 0.197 e. The van der Waals surface area contributed by atoms with Crippen molar-refractivity contribution in [1.82, 2.24) is 5.32 Å². The van der Waals surface area contributed by atoms with Crippen molar-refractivity contribution < 1.29 is 4.79 Å². The van der Waals surface area contributed by atoms with Crippen LogP contribution >= 0.6 is 0 Å². The Kier molecular flexibility index (Phi) is 4.50. The molecule has 0 bridgehead atoms. The van der Waals surface area contributed by atoms with Crippen molar-refractivity contribution in [2.45, 2.75) is 39.7 Å². The first kappa shape index (κ1) is 10.1. The molecule has 0 saturated carbocycles. The Morgan fingerprint density at radius 3 is 2.45 bits per heavy atom. The van der Waals surface area contributed by atoms with Gasteiger partial charge < -0.3 is 5.32 Å². The van der Waals surface area contributed by atoms with Crippen molar-refractivity contribution in [3.63, 3.8) is 0 Å². The molecule has 64 valence electrons. The third-order valence-electron chi connectivity index (χ3n) is 1.19. The summed E-state index contributed by atoms with van der Waals surface area (Å²) in [6.07, 6.45) is 1.28. The van der Waals surface area contributed by atoms with Crippen LogP contribution in [0.5, 0.6) is 0 Å². The minimum Gasteiger partial charge on any atom is -0.365 e. The highest BCUT2D eigenvalue weighted by atomic mass is 16.1. The number of carbonyl (C=O) groups excluding carboxylic acids is 1. The van der Waals surface area contributed by atoms with Crippen LogP contribution in [0.15, 0.2) is 0 Å². The van der Waals surface area contributed by atoms with Gasteiger partial charge in [0.2, 0.25) is 0 Å². The highest BCUT2D eigenvalue weighted by molar-refractivity contribution is 6.37. The number of ketones is 1. The van der Waals surface area contributed by atoms with Gasteiger partial charge in [-0.15, -0.1) is 0 Å². The summed E-state index contributed by atoms with van der Waals surface area (Å²) in [5, 5.41) is 10.0. The van der Waals surface area contributed by atoms with Crippen molar-refractivity contribution >= 4 is 11.6 Å². The van der Waals surface area contributed by atoms with Gasteiger partial charge in [0.25, 0.3) is 0 Å². The molecular weight excluding hydrogens is 140 g/mol. The van der Waals surface area contributed by atoms with Crippen LogP contribution in [0.3, 0.4) is 0 Å².